The molecule has 2 nitrogen and oxygen atoms in total. The highest BCUT2D eigenvalue weighted by Gasteiger charge is 2.58. The van der Waals surface area contributed by atoms with Crippen molar-refractivity contribution in [3.8, 4) is 6.07 Å². The standard InChI is InChI=1S/C18H23NO/c1-2-15-8-5-6-11-18(15,20)17(13-19)12-10-14-7-3-4-9-16(14)17/h3-4,7,9,15,20H,2,5-6,8,10-12H2,1H3. The second kappa shape index (κ2) is 4.90. The topological polar surface area (TPSA) is 44.0 Å². The Bertz CT molecular complexity index is 547. The van der Waals surface area contributed by atoms with Crippen molar-refractivity contribution >= 4 is 0 Å². The van der Waals surface area contributed by atoms with Crippen molar-refractivity contribution in [2.24, 2.45) is 5.92 Å². The van der Waals surface area contributed by atoms with Crippen LogP contribution in [-0.4, -0.2) is 10.7 Å². The maximum Gasteiger partial charge on any atom is 0.112 e. The van der Waals surface area contributed by atoms with Crippen LogP contribution in [-0.2, 0) is 11.8 Å². The van der Waals surface area contributed by atoms with E-state index in [0.29, 0.717) is 0 Å². The minimum Gasteiger partial charge on any atom is -0.388 e. The molecule has 0 spiro atoms. The third kappa shape index (κ3) is 1.66. The summed E-state index contributed by atoms with van der Waals surface area (Å²) in [4.78, 5) is 0. The van der Waals surface area contributed by atoms with E-state index >= 15 is 0 Å². The van der Waals surface area contributed by atoms with E-state index in [4.69, 9.17) is 0 Å². The van der Waals surface area contributed by atoms with Crippen LogP contribution in [0.3, 0.4) is 0 Å². The average Bonchev–Trinajstić information content (AvgIpc) is 2.88. The maximum absolute atomic E-state index is 11.5. The molecule has 0 amide bonds. The fraction of sp³-hybridized carbons (Fsp3) is 0.611. The molecule has 106 valence electrons. The molecule has 1 saturated carbocycles. The van der Waals surface area contributed by atoms with E-state index < -0.39 is 11.0 Å². The van der Waals surface area contributed by atoms with E-state index in [2.05, 4.69) is 25.1 Å². The number of aryl methyl sites for hydroxylation is 1. The lowest BCUT2D eigenvalue weighted by Gasteiger charge is -2.49. The predicted octanol–water partition coefficient (Wildman–Crippen LogP) is 3.73. The number of nitrogens with zero attached hydrogens (tertiary/aromatic N) is 1. The molecule has 0 aromatic heterocycles. The molecular formula is C18H23NO. The molecule has 3 atom stereocenters. The van der Waals surface area contributed by atoms with Crippen molar-refractivity contribution in [1.29, 1.82) is 5.26 Å². The lowest BCUT2D eigenvalue weighted by atomic mass is 9.58. The van der Waals surface area contributed by atoms with Gasteiger partial charge >= 0.3 is 0 Å². The zero-order chi connectivity index (χ0) is 14.2. The van der Waals surface area contributed by atoms with Crippen LogP contribution in [0, 0.1) is 17.2 Å². The van der Waals surface area contributed by atoms with E-state index in [1.807, 2.05) is 12.1 Å². The van der Waals surface area contributed by atoms with Gasteiger partial charge in [0.1, 0.15) is 5.41 Å². The molecule has 2 heteroatoms. The fourth-order valence-corrected chi connectivity index (χ4v) is 4.61. The van der Waals surface area contributed by atoms with Gasteiger partial charge in [0.15, 0.2) is 0 Å². The Morgan fingerprint density at radius 2 is 2.10 bits per heavy atom. The van der Waals surface area contributed by atoms with Crippen LogP contribution in [0.25, 0.3) is 0 Å². The summed E-state index contributed by atoms with van der Waals surface area (Å²) in [7, 11) is 0. The minimum absolute atomic E-state index is 0.252. The van der Waals surface area contributed by atoms with Gasteiger partial charge in [-0.05, 0) is 42.7 Å². The monoisotopic (exact) mass is 269 g/mol. The Morgan fingerprint density at radius 1 is 1.30 bits per heavy atom. The van der Waals surface area contributed by atoms with Crippen LogP contribution in [0.4, 0.5) is 0 Å². The summed E-state index contributed by atoms with van der Waals surface area (Å²) < 4.78 is 0. The van der Waals surface area contributed by atoms with Gasteiger partial charge in [-0.3, -0.25) is 0 Å². The molecule has 0 saturated heterocycles. The smallest absolute Gasteiger partial charge is 0.112 e. The van der Waals surface area contributed by atoms with E-state index in [-0.39, 0.29) is 5.92 Å². The normalized spacial score (nSPS) is 36.4. The summed E-state index contributed by atoms with van der Waals surface area (Å²) in [6, 6.07) is 10.8. The molecule has 2 aliphatic carbocycles. The maximum atomic E-state index is 11.5. The Morgan fingerprint density at radius 3 is 2.85 bits per heavy atom. The molecule has 2 aliphatic rings. The number of hydrogen-bond acceptors (Lipinski definition) is 2. The number of nitriles is 1. The van der Waals surface area contributed by atoms with Gasteiger partial charge in [-0.25, -0.2) is 0 Å². The third-order valence-electron chi connectivity index (χ3n) is 5.71. The van der Waals surface area contributed by atoms with E-state index in [1.165, 1.54) is 12.0 Å². The lowest BCUT2D eigenvalue weighted by Crippen LogP contribution is -2.56. The van der Waals surface area contributed by atoms with Crippen molar-refractivity contribution < 1.29 is 5.11 Å². The lowest BCUT2D eigenvalue weighted by molar-refractivity contribution is -0.0948. The van der Waals surface area contributed by atoms with Gasteiger partial charge in [0.25, 0.3) is 0 Å². The summed E-state index contributed by atoms with van der Waals surface area (Å²) in [6.45, 7) is 2.15. The zero-order valence-corrected chi connectivity index (χ0v) is 12.2. The number of fused-ring (bicyclic) bond motifs is 1. The highest BCUT2D eigenvalue weighted by Crippen LogP contribution is 2.54. The van der Waals surface area contributed by atoms with Crippen LogP contribution in [0.15, 0.2) is 24.3 Å². The van der Waals surface area contributed by atoms with Gasteiger partial charge in [-0.15, -0.1) is 0 Å². The van der Waals surface area contributed by atoms with Gasteiger partial charge in [-0.2, -0.15) is 5.26 Å². The SMILES string of the molecule is CCC1CCCCC1(O)C1(C#N)CCc2ccccc21. The van der Waals surface area contributed by atoms with Crippen LogP contribution >= 0.6 is 0 Å². The largest absolute Gasteiger partial charge is 0.388 e. The predicted molar refractivity (Wildman–Crippen MR) is 79.3 cm³/mol. The molecule has 1 fully saturated rings. The summed E-state index contributed by atoms with van der Waals surface area (Å²) in [5.74, 6) is 0.252. The van der Waals surface area contributed by atoms with Gasteiger partial charge in [0.2, 0.25) is 0 Å². The van der Waals surface area contributed by atoms with E-state index in [9.17, 15) is 10.4 Å². The Balaban J connectivity index is 2.13. The fourth-order valence-electron chi connectivity index (χ4n) is 4.61. The molecule has 1 aromatic carbocycles. The first-order valence-electron chi connectivity index (χ1n) is 7.90. The molecule has 0 bridgehead atoms. The number of rotatable bonds is 2. The van der Waals surface area contributed by atoms with E-state index in [0.717, 1.165) is 44.1 Å². The molecule has 1 N–H and O–H groups in total. The summed E-state index contributed by atoms with van der Waals surface area (Å²) >= 11 is 0. The molecule has 0 radical (unpaired) electrons. The first-order valence-corrected chi connectivity index (χ1v) is 7.90. The van der Waals surface area contributed by atoms with E-state index in [1.54, 1.807) is 0 Å². The van der Waals surface area contributed by atoms with Crippen molar-refractivity contribution in [3.63, 3.8) is 0 Å². The van der Waals surface area contributed by atoms with Crippen LogP contribution in [0.2, 0.25) is 0 Å². The first kappa shape index (κ1) is 13.6. The molecule has 1 aromatic rings. The van der Waals surface area contributed by atoms with Crippen molar-refractivity contribution in [1.82, 2.24) is 0 Å². The second-order valence-corrected chi connectivity index (χ2v) is 6.45. The number of aliphatic hydroxyl groups is 1. The van der Waals surface area contributed by atoms with Crippen molar-refractivity contribution in [2.75, 3.05) is 0 Å². The Hall–Kier alpha value is -1.33. The van der Waals surface area contributed by atoms with Gasteiger partial charge in [0, 0.05) is 0 Å². The van der Waals surface area contributed by atoms with Gasteiger partial charge in [-0.1, -0.05) is 50.5 Å². The minimum atomic E-state index is -0.846. The van der Waals surface area contributed by atoms with Crippen molar-refractivity contribution in [3.05, 3.63) is 35.4 Å². The first-order chi connectivity index (χ1) is 9.68. The van der Waals surface area contributed by atoms with Crippen LogP contribution in [0.1, 0.15) is 56.6 Å². The van der Waals surface area contributed by atoms with Gasteiger partial charge < -0.3 is 5.11 Å². The molecule has 3 unspecified atom stereocenters. The Kier molecular flexibility index (Phi) is 3.34. The highest BCUT2D eigenvalue weighted by atomic mass is 16.3. The van der Waals surface area contributed by atoms with Crippen LogP contribution < -0.4 is 0 Å². The highest BCUT2D eigenvalue weighted by molar-refractivity contribution is 5.48. The zero-order valence-electron chi connectivity index (χ0n) is 12.2. The summed E-state index contributed by atoms with van der Waals surface area (Å²) in [5, 5.41) is 21.5. The summed E-state index contributed by atoms with van der Waals surface area (Å²) in [6.07, 6.45) is 6.70. The van der Waals surface area contributed by atoms with Crippen molar-refractivity contribution in [2.45, 2.75) is 62.9 Å². The average molecular weight is 269 g/mol. The number of benzene rings is 1. The van der Waals surface area contributed by atoms with Crippen LogP contribution in [0.5, 0.6) is 0 Å². The Labute approximate surface area is 121 Å². The molecule has 0 aliphatic heterocycles. The van der Waals surface area contributed by atoms with Gasteiger partial charge in [0.05, 0.1) is 11.7 Å². The molecular weight excluding hydrogens is 246 g/mol. The quantitative estimate of drug-likeness (QED) is 0.889. The number of hydrogen-bond donors (Lipinski definition) is 1. The molecule has 20 heavy (non-hydrogen) atoms. The summed E-state index contributed by atoms with van der Waals surface area (Å²) in [5.41, 5.74) is 0.805. The molecule has 0 heterocycles. The third-order valence-corrected chi connectivity index (χ3v) is 5.71. The second-order valence-electron chi connectivity index (χ2n) is 6.45. The molecule has 3 rings (SSSR count).